The molecule has 3 aromatic carbocycles. The van der Waals surface area contributed by atoms with Crippen LogP contribution in [0.25, 0.3) is 0 Å². The lowest BCUT2D eigenvalue weighted by Gasteiger charge is -2.27. The number of rotatable bonds is 23. The van der Waals surface area contributed by atoms with Gasteiger partial charge in [-0.05, 0) is 69.5 Å². The van der Waals surface area contributed by atoms with E-state index in [1.807, 2.05) is 18.2 Å². The minimum atomic E-state index is -2.04. The van der Waals surface area contributed by atoms with Crippen LogP contribution in [0.3, 0.4) is 0 Å². The predicted molar refractivity (Wildman–Crippen MR) is 210 cm³/mol. The minimum absolute atomic E-state index is 0.0197. The van der Waals surface area contributed by atoms with Crippen molar-refractivity contribution in [1.82, 2.24) is 16.0 Å². The zero-order valence-corrected chi connectivity index (χ0v) is 31.8. The Kier molecular flexibility index (Phi) is 18.9. The molecule has 0 heterocycles. The molecular weight excluding hydrogens is 699 g/mol. The molecule has 0 spiro atoms. The quantitative estimate of drug-likeness (QED) is 0.0648. The van der Waals surface area contributed by atoms with Crippen molar-refractivity contribution in [3.63, 3.8) is 0 Å². The largest absolute Gasteiger partial charge is 0.465 e. The number of carbonyl (C=O) groups excluding carboxylic acids is 5. The molecule has 0 bridgehead atoms. The Morgan fingerprint density at radius 3 is 1.75 bits per heavy atom. The van der Waals surface area contributed by atoms with Crippen molar-refractivity contribution in [2.24, 2.45) is 5.73 Å². The number of hydrogen-bond acceptors (Lipinski definition) is 9. The Bertz CT molecular complexity index is 1450. The third kappa shape index (κ3) is 13.4. The molecule has 0 saturated heterocycles. The lowest BCUT2D eigenvalue weighted by molar-refractivity contribution is -0.147. The number of esters is 2. The summed E-state index contributed by atoms with van der Waals surface area (Å²) in [5.41, 5.74) is 5.58. The number of nitrogens with one attached hydrogen (secondary N) is 3. The monoisotopic (exact) mass is 751 g/mol. The van der Waals surface area contributed by atoms with E-state index in [9.17, 15) is 24.0 Å². The number of amides is 3. The second-order valence-electron chi connectivity index (χ2n) is 11.9. The highest BCUT2D eigenvalue weighted by atomic mass is 32.2. The zero-order valence-electron chi connectivity index (χ0n) is 30.1. The van der Waals surface area contributed by atoms with Gasteiger partial charge in [0.15, 0.2) is 0 Å². The molecule has 0 aromatic heterocycles. The molecule has 5 N–H and O–H groups in total. The maximum absolute atomic E-state index is 13.2. The van der Waals surface area contributed by atoms with Crippen molar-refractivity contribution in [3.05, 3.63) is 91.0 Å². The second-order valence-corrected chi connectivity index (χ2v) is 16.7. The zero-order chi connectivity index (χ0) is 37.6. The summed E-state index contributed by atoms with van der Waals surface area (Å²) in [5.74, 6) is -1.76. The van der Waals surface area contributed by atoms with Crippen molar-refractivity contribution in [2.75, 3.05) is 44.0 Å². The average molecular weight is 752 g/mol. The van der Waals surface area contributed by atoms with Gasteiger partial charge in [0.2, 0.25) is 17.7 Å². The van der Waals surface area contributed by atoms with E-state index >= 15 is 0 Å². The van der Waals surface area contributed by atoms with Crippen molar-refractivity contribution in [3.8, 4) is 0 Å². The second kappa shape index (κ2) is 23.3. The van der Waals surface area contributed by atoms with Crippen LogP contribution in [0.15, 0.2) is 91.0 Å². The number of ether oxygens (including phenoxy) is 2. The first-order valence-corrected chi connectivity index (χ1v) is 20.9. The molecule has 0 aliphatic heterocycles. The molecule has 280 valence electrons. The van der Waals surface area contributed by atoms with E-state index in [-0.39, 0.29) is 50.7 Å². The third-order valence-electron chi connectivity index (χ3n) is 8.22. The van der Waals surface area contributed by atoms with Crippen LogP contribution in [0.1, 0.15) is 46.0 Å². The van der Waals surface area contributed by atoms with Crippen LogP contribution in [-0.4, -0.2) is 85.7 Å². The van der Waals surface area contributed by atoms with Gasteiger partial charge in [0.05, 0.1) is 19.4 Å². The minimum Gasteiger partial charge on any atom is -0.465 e. The highest BCUT2D eigenvalue weighted by Crippen LogP contribution is 2.55. The molecular formula is C39H52N4O7PS+. The standard InChI is InChI=1S/C39H51N4O7PS/c1-3-49-37(46)28-41-38(47)34(29-52-27-25-40)43-36(45)24-23-33(39(48)50-4-2)42-35(44)22-14-15-26-51(30-16-8-5-9-17-30,31-18-10-6-11-19-31)32-20-12-7-13-21-32/h5-13,16-21,33-34H,3-4,14-15,22-29,40H2,1-2H3,(H2-,41,42,43,44,45,47)/p+1. The van der Waals surface area contributed by atoms with Gasteiger partial charge in [-0.25, -0.2) is 4.79 Å². The van der Waals surface area contributed by atoms with Crippen molar-refractivity contribution >= 4 is 64.6 Å². The molecule has 11 nitrogen and oxygen atoms in total. The Morgan fingerprint density at radius 1 is 0.712 bits per heavy atom. The molecule has 2 unspecified atom stereocenters. The average Bonchev–Trinajstić information content (AvgIpc) is 3.16. The van der Waals surface area contributed by atoms with Gasteiger partial charge in [-0.15, -0.1) is 0 Å². The van der Waals surface area contributed by atoms with Crippen LogP contribution in [0.4, 0.5) is 0 Å². The summed E-state index contributed by atoms with van der Waals surface area (Å²) in [6.45, 7) is 3.69. The maximum atomic E-state index is 13.2. The number of thioether (sulfide) groups is 1. The fourth-order valence-corrected chi connectivity index (χ4v) is 11.0. The van der Waals surface area contributed by atoms with Crippen LogP contribution in [0, 0.1) is 0 Å². The van der Waals surface area contributed by atoms with E-state index in [4.69, 9.17) is 15.2 Å². The van der Waals surface area contributed by atoms with Crippen LogP contribution in [0.2, 0.25) is 0 Å². The fraction of sp³-hybridized carbons (Fsp3) is 0.410. The lowest BCUT2D eigenvalue weighted by atomic mass is 10.1. The van der Waals surface area contributed by atoms with E-state index < -0.39 is 43.1 Å². The number of unbranched alkanes of at least 4 members (excludes halogenated alkanes) is 1. The van der Waals surface area contributed by atoms with Gasteiger partial charge in [0, 0.05) is 30.9 Å². The molecule has 0 radical (unpaired) electrons. The van der Waals surface area contributed by atoms with Crippen LogP contribution in [-0.2, 0) is 33.4 Å². The number of nitrogens with two attached hydrogens (primary N) is 1. The fourth-order valence-electron chi connectivity index (χ4n) is 5.78. The molecule has 0 aliphatic rings. The van der Waals surface area contributed by atoms with Gasteiger partial charge in [0.1, 0.15) is 41.8 Å². The van der Waals surface area contributed by atoms with Gasteiger partial charge in [-0.3, -0.25) is 19.2 Å². The van der Waals surface area contributed by atoms with Crippen LogP contribution >= 0.6 is 19.0 Å². The Balaban J connectivity index is 1.63. The number of carbonyl (C=O) groups is 5. The third-order valence-corrected chi connectivity index (χ3v) is 13.8. The normalized spacial score (nSPS) is 12.2. The summed E-state index contributed by atoms with van der Waals surface area (Å²) in [6.07, 6.45) is 2.26. The van der Waals surface area contributed by atoms with Gasteiger partial charge < -0.3 is 31.2 Å². The summed E-state index contributed by atoms with van der Waals surface area (Å²) in [7, 11) is -2.04. The molecule has 0 saturated carbocycles. The molecule has 3 rings (SSSR count). The SMILES string of the molecule is CCOC(=O)CNC(=O)C(CSCCN)NC(=O)CCC(NC(=O)CCCC[P+](c1ccccc1)(c1ccccc1)c1ccccc1)C(=O)OCC. The first-order chi connectivity index (χ1) is 25.2. The van der Waals surface area contributed by atoms with Crippen molar-refractivity contribution < 1.29 is 33.4 Å². The molecule has 0 fully saturated rings. The molecule has 13 heteroatoms. The van der Waals surface area contributed by atoms with Gasteiger partial charge in [0.25, 0.3) is 0 Å². The Morgan fingerprint density at radius 2 is 1.23 bits per heavy atom. The lowest BCUT2D eigenvalue weighted by Crippen LogP contribution is -2.50. The van der Waals surface area contributed by atoms with E-state index in [0.717, 1.165) is 12.6 Å². The van der Waals surface area contributed by atoms with Crippen molar-refractivity contribution in [2.45, 2.75) is 58.0 Å². The van der Waals surface area contributed by atoms with Crippen LogP contribution < -0.4 is 37.6 Å². The first-order valence-electron chi connectivity index (χ1n) is 17.8. The Hall–Kier alpha value is -4.25. The highest BCUT2D eigenvalue weighted by Gasteiger charge is 2.44. The summed E-state index contributed by atoms with van der Waals surface area (Å²) in [4.78, 5) is 63.5. The molecule has 52 heavy (non-hydrogen) atoms. The number of hydrogen-bond donors (Lipinski definition) is 4. The van der Waals surface area contributed by atoms with E-state index in [1.165, 1.54) is 27.7 Å². The maximum Gasteiger partial charge on any atom is 0.328 e. The van der Waals surface area contributed by atoms with E-state index in [0.29, 0.717) is 18.7 Å². The number of benzene rings is 3. The smallest absolute Gasteiger partial charge is 0.328 e. The molecule has 3 amide bonds. The summed E-state index contributed by atoms with van der Waals surface area (Å²) < 4.78 is 10.1. The van der Waals surface area contributed by atoms with Crippen molar-refractivity contribution in [1.29, 1.82) is 0 Å². The van der Waals surface area contributed by atoms with Gasteiger partial charge in [-0.2, -0.15) is 11.8 Å². The topological polar surface area (TPSA) is 166 Å². The Labute approximate surface area is 311 Å². The van der Waals surface area contributed by atoms with E-state index in [1.54, 1.807) is 13.8 Å². The summed E-state index contributed by atoms with van der Waals surface area (Å²) in [5, 5.41) is 11.8. The predicted octanol–water partition coefficient (Wildman–Crippen LogP) is 2.83. The molecule has 3 aromatic rings. The van der Waals surface area contributed by atoms with E-state index in [2.05, 4.69) is 88.7 Å². The molecule has 2 atom stereocenters. The van der Waals surface area contributed by atoms with Gasteiger partial charge in [-0.1, -0.05) is 54.6 Å². The summed E-state index contributed by atoms with van der Waals surface area (Å²) >= 11 is 1.38. The van der Waals surface area contributed by atoms with Crippen LogP contribution in [0.5, 0.6) is 0 Å². The highest BCUT2D eigenvalue weighted by molar-refractivity contribution is 7.99. The van der Waals surface area contributed by atoms with Gasteiger partial charge >= 0.3 is 11.9 Å². The first kappa shape index (κ1) is 42.2. The molecule has 0 aliphatic carbocycles. The summed E-state index contributed by atoms with van der Waals surface area (Å²) in [6, 6.07) is 29.7.